The Labute approximate surface area is 123 Å². The summed E-state index contributed by atoms with van der Waals surface area (Å²) < 4.78 is 27.0. The summed E-state index contributed by atoms with van der Waals surface area (Å²) in [6, 6.07) is 4.19. The molecule has 0 fully saturated rings. The SMILES string of the molecule is CC(C)(O)C(C)(C)NS(=O)(=O)c1cc(Cl)ccc1Cl. The van der Waals surface area contributed by atoms with Crippen LogP contribution in [0.1, 0.15) is 27.7 Å². The lowest BCUT2D eigenvalue weighted by Gasteiger charge is -2.37. The number of aliphatic hydroxyl groups is 1. The predicted molar refractivity (Wildman–Crippen MR) is 77.2 cm³/mol. The smallest absolute Gasteiger partial charge is 0.242 e. The maximum atomic E-state index is 12.3. The van der Waals surface area contributed by atoms with Crippen LogP contribution in [0.25, 0.3) is 0 Å². The molecule has 0 amide bonds. The van der Waals surface area contributed by atoms with E-state index in [0.29, 0.717) is 0 Å². The molecule has 0 saturated heterocycles. The van der Waals surface area contributed by atoms with Crippen molar-refractivity contribution in [3.63, 3.8) is 0 Å². The van der Waals surface area contributed by atoms with Crippen molar-refractivity contribution < 1.29 is 13.5 Å². The summed E-state index contributed by atoms with van der Waals surface area (Å²) in [6.45, 7) is 6.22. The maximum absolute atomic E-state index is 12.3. The summed E-state index contributed by atoms with van der Waals surface area (Å²) in [5.74, 6) is 0. The summed E-state index contributed by atoms with van der Waals surface area (Å²) in [5, 5.41) is 10.3. The van der Waals surface area contributed by atoms with Crippen LogP contribution in [0.3, 0.4) is 0 Å². The van der Waals surface area contributed by atoms with E-state index in [1.54, 1.807) is 13.8 Å². The van der Waals surface area contributed by atoms with Gasteiger partial charge in [-0.05, 0) is 45.9 Å². The van der Waals surface area contributed by atoms with Crippen molar-refractivity contribution in [3.8, 4) is 0 Å². The second-order valence-corrected chi connectivity index (χ2v) is 7.86. The Morgan fingerprint density at radius 2 is 1.68 bits per heavy atom. The van der Waals surface area contributed by atoms with Gasteiger partial charge in [0.15, 0.2) is 0 Å². The lowest BCUT2D eigenvalue weighted by atomic mass is 9.87. The van der Waals surface area contributed by atoms with Crippen LogP contribution in [0.15, 0.2) is 23.1 Å². The third-order valence-electron chi connectivity index (χ3n) is 3.10. The Balaban J connectivity index is 3.23. The Kier molecular flexibility index (Phi) is 4.59. The molecule has 0 aliphatic rings. The van der Waals surface area contributed by atoms with Crippen molar-refractivity contribution in [2.75, 3.05) is 0 Å². The standard InChI is InChI=1S/C12H17Cl2NO3S/c1-11(2,12(3,4)16)15-19(17,18)10-7-8(13)5-6-9(10)14/h5-7,15-16H,1-4H3. The van der Waals surface area contributed by atoms with Crippen molar-refractivity contribution in [3.05, 3.63) is 28.2 Å². The van der Waals surface area contributed by atoms with Crippen LogP contribution in [-0.4, -0.2) is 24.7 Å². The Morgan fingerprint density at radius 1 is 1.16 bits per heavy atom. The van der Waals surface area contributed by atoms with Crippen LogP contribution in [0, 0.1) is 0 Å². The molecule has 0 aliphatic heterocycles. The van der Waals surface area contributed by atoms with E-state index in [4.69, 9.17) is 23.2 Å². The van der Waals surface area contributed by atoms with Crippen LogP contribution in [-0.2, 0) is 10.0 Å². The van der Waals surface area contributed by atoms with Crippen molar-refractivity contribution in [1.82, 2.24) is 4.72 Å². The molecule has 4 nitrogen and oxygen atoms in total. The lowest BCUT2D eigenvalue weighted by Crippen LogP contribution is -2.57. The van der Waals surface area contributed by atoms with E-state index in [1.807, 2.05) is 0 Å². The highest BCUT2D eigenvalue weighted by molar-refractivity contribution is 7.89. The van der Waals surface area contributed by atoms with Gasteiger partial charge in [0.05, 0.1) is 16.2 Å². The summed E-state index contributed by atoms with van der Waals surface area (Å²) in [6.07, 6.45) is 0. The zero-order valence-electron chi connectivity index (χ0n) is 11.2. The first-order valence-electron chi connectivity index (χ1n) is 5.58. The molecule has 0 unspecified atom stereocenters. The first-order valence-corrected chi connectivity index (χ1v) is 7.82. The quantitative estimate of drug-likeness (QED) is 0.894. The van der Waals surface area contributed by atoms with Gasteiger partial charge in [-0.15, -0.1) is 0 Å². The van der Waals surface area contributed by atoms with E-state index >= 15 is 0 Å². The van der Waals surface area contributed by atoms with Crippen molar-refractivity contribution in [2.24, 2.45) is 0 Å². The van der Waals surface area contributed by atoms with Gasteiger partial charge in [0.25, 0.3) is 0 Å². The lowest BCUT2D eigenvalue weighted by molar-refractivity contribution is 0.00639. The van der Waals surface area contributed by atoms with E-state index in [1.165, 1.54) is 32.0 Å². The molecule has 1 aromatic carbocycles. The fourth-order valence-electron chi connectivity index (χ4n) is 1.20. The van der Waals surface area contributed by atoms with Gasteiger partial charge in [-0.2, -0.15) is 0 Å². The third-order valence-corrected chi connectivity index (χ3v) is 5.47. The average molecular weight is 326 g/mol. The zero-order valence-corrected chi connectivity index (χ0v) is 13.5. The molecule has 0 atom stereocenters. The molecule has 0 aliphatic carbocycles. The number of halogens is 2. The van der Waals surface area contributed by atoms with Gasteiger partial charge in [-0.25, -0.2) is 13.1 Å². The van der Waals surface area contributed by atoms with Gasteiger partial charge < -0.3 is 5.11 Å². The number of benzene rings is 1. The van der Waals surface area contributed by atoms with E-state index in [0.717, 1.165) is 0 Å². The fourth-order valence-corrected chi connectivity index (χ4v) is 3.50. The molecule has 7 heteroatoms. The maximum Gasteiger partial charge on any atom is 0.242 e. The van der Waals surface area contributed by atoms with E-state index in [-0.39, 0.29) is 14.9 Å². The minimum Gasteiger partial charge on any atom is -0.389 e. The summed E-state index contributed by atoms with van der Waals surface area (Å²) >= 11 is 11.7. The second kappa shape index (κ2) is 5.22. The predicted octanol–water partition coefficient (Wildman–Crippen LogP) is 2.82. The average Bonchev–Trinajstić information content (AvgIpc) is 2.18. The van der Waals surface area contributed by atoms with E-state index < -0.39 is 21.2 Å². The van der Waals surface area contributed by atoms with Crippen molar-refractivity contribution in [1.29, 1.82) is 0 Å². The molecule has 2 N–H and O–H groups in total. The first kappa shape index (κ1) is 16.7. The molecular formula is C12H17Cl2NO3S. The molecule has 0 radical (unpaired) electrons. The van der Waals surface area contributed by atoms with Crippen LogP contribution in [0.5, 0.6) is 0 Å². The fraction of sp³-hybridized carbons (Fsp3) is 0.500. The first-order chi connectivity index (χ1) is 8.37. The Hall–Kier alpha value is -0.330. The topological polar surface area (TPSA) is 66.4 Å². The van der Waals surface area contributed by atoms with Gasteiger partial charge in [0, 0.05) is 5.02 Å². The molecule has 0 bridgehead atoms. The van der Waals surface area contributed by atoms with Gasteiger partial charge >= 0.3 is 0 Å². The monoisotopic (exact) mass is 325 g/mol. The van der Waals surface area contributed by atoms with Crippen molar-refractivity contribution in [2.45, 2.75) is 43.7 Å². The highest BCUT2D eigenvalue weighted by Gasteiger charge is 2.39. The highest BCUT2D eigenvalue weighted by atomic mass is 35.5. The highest BCUT2D eigenvalue weighted by Crippen LogP contribution is 2.28. The van der Waals surface area contributed by atoms with Crippen molar-refractivity contribution >= 4 is 33.2 Å². The normalized spacial score (nSPS) is 13.6. The molecular weight excluding hydrogens is 309 g/mol. The Bertz CT molecular complexity index is 577. The van der Waals surface area contributed by atoms with Gasteiger partial charge in [-0.1, -0.05) is 23.2 Å². The zero-order chi connectivity index (χ0) is 15.1. The Morgan fingerprint density at radius 3 is 2.16 bits per heavy atom. The minimum absolute atomic E-state index is 0.0726. The molecule has 1 rings (SSSR count). The molecule has 0 heterocycles. The van der Waals surface area contributed by atoms with Gasteiger partial charge in [-0.3, -0.25) is 0 Å². The van der Waals surface area contributed by atoms with Crippen LogP contribution in [0.4, 0.5) is 0 Å². The molecule has 0 spiro atoms. The van der Waals surface area contributed by atoms with Crippen LogP contribution in [0.2, 0.25) is 10.0 Å². The van der Waals surface area contributed by atoms with Gasteiger partial charge in [0.2, 0.25) is 10.0 Å². The molecule has 19 heavy (non-hydrogen) atoms. The minimum atomic E-state index is -3.88. The van der Waals surface area contributed by atoms with E-state index in [2.05, 4.69) is 4.72 Å². The molecule has 108 valence electrons. The molecule has 0 saturated carbocycles. The van der Waals surface area contributed by atoms with Crippen LogP contribution < -0.4 is 4.72 Å². The summed E-state index contributed by atoms with van der Waals surface area (Å²) in [4.78, 5) is -0.112. The summed E-state index contributed by atoms with van der Waals surface area (Å²) in [7, 11) is -3.88. The van der Waals surface area contributed by atoms with E-state index in [9.17, 15) is 13.5 Å². The molecule has 0 aromatic heterocycles. The number of nitrogens with one attached hydrogen (secondary N) is 1. The van der Waals surface area contributed by atoms with Gasteiger partial charge in [0.1, 0.15) is 4.90 Å². The van der Waals surface area contributed by atoms with Crippen LogP contribution >= 0.6 is 23.2 Å². The number of hydrogen-bond acceptors (Lipinski definition) is 3. The largest absolute Gasteiger partial charge is 0.389 e. The number of sulfonamides is 1. The second-order valence-electron chi connectivity index (χ2n) is 5.36. The third kappa shape index (κ3) is 3.83. The summed E-state index contributed by atoms with van der Waals surface area (Å²) in [5.41, 5.74) is -2.32. The number of rotatable bonds is 4. The number of hydrogen-bond donors (Lipinski definition) is 2. The molecule has 1 aromatic rings.